The fourth-order valence-electron chi connectivity index (χ4n) is 1.35. The lowest BCUT2D eigenvalue weighted by Crippen LogP contribution is -2.48. The van der Waals surface area contributed by atoms with Crippen LogP contribution in [0.15, 0.2) is 6.20 Å². The second-order valence-electron chi connectivity index (χ2n) is 4.27. The van der Waals surface area contributed by atoms with Gasteiger partial charge in [-0.15, -0.1) is 5.10 Å². The van der Waals surface area contributed by atoms with Crippen molar-refractivity contribution in [1.29, 1.82) is 0 Å². The van der Waals surface area contributed by atoms with Gasteiger partial charge in [-0.05, 0) is 5.92 Å². The molecular formula is C10H17N5O3. The predicted molar refractivity (Wildman–Crippen MR) is 62.6 cm³/mol. The minimum Gasteiger partial charge on any atom is -0.480 e. The Bertz CT molecular complexity index is 429. The van der Waals surface area contributed by atoms with Gasteiger partial charge in [0, 0.05) is 13.2 Å². The van der Waals surface area contributed by atoms with Crippen LogP contribution in [0.3, 0.4) is 0 Å². The Kier molecular flexibility index (Phi) is 4.64. The van der Waals surface area contributed by atoms with Crippen LogP contribution in [0.5, 0.6) is 0 Å². The van der Waals surface area contributed by atoms with Crippen molar-refractivity contribution in [3.8, 4) is 0 Å². The van der Waals surface area contributed by atoms with E-state index >= 15 is 0 Å². The van der Waals surface area contributed by atoms with Crippen molar-refractivity contribution in [2.45, 2.75) is 26.4 Å². The molecule has 0 bridgehead atoms. The molecule has 0 aromatic carbocycles. The number of hydrogen-bond donors (Lipinski definition) is 3. The fourth-order valence-corrected chi connectivity index (χ4v) is 1.35. The van der Waals surface area contributed by atoms with E-state index in [0.717, 1.165) is 0 Å². The molecule has 0 aliphatic carbocycles. The van der Waals surface area contributed by atoms with Crippen molar-refractivity contribution < 1.29 is 14.7 Å². The van der Waals surface area contributed by atoms with E-state index < -0.39 is 18.0 Å². The highest BCUT2D eigenvalue weighted by Gasteiger charge is 2.23. The highest BCUT2D eigenvalue weighted by atomic mass is 16.4. The van der Waals surface area contributed by atoms with E-state index in [1.165, 1.54) is 4.68 Å². The summed E-state index contributed by atoms with van der Waals surface area (Å²) < 4.78 is 1.52. The summed E-state index contributed by atoms with van der Waals surface area (Å²) in [6, 6.07) is -1.45. The molecular weight excluding hydrogens is 238 g/mol. The molecule has 0 aliphatic heterocycles. The molecule has 8 nitrogen and oxygen atoms in total. The number of hydrogen-bond acceptors (Lipinski definition) is 4. The first-order valence-electron chi connectivity index (χ1n) is 5.52. The van der Waals surface area contributed by atoms with E-state index in [2.05, 4.69) is 20.9 Å². The van der Waals surface area contributed by atoms with Crippen LogP contribution in [0, 0.1) is 5.92 Å². The van der Waals surface area contributed by atoms with Gasteiger partial charge in [-0.1, -0.05) is 19.1 Å². The van der Waals surface area contributed by atoms with Crippen molar-refractivity contribution >= 4 is 12.0 Å². The van der Waals surface area contributed by atoms with Crippen molar-refractivity contribution in [3.63, 3.8) is 0 Å². The number of aromatic nitrogens is 3. The van der Waals surface area contributed by atoms with Gasteiger partial charge in [-0.25, -0.2) is 9.59 Å². The lowest BCUT2D eigenvalue weighted by Gasteiger charge is -2.17. The Morgan fingerprint density at radius 3 is 2.61 bits per heavy atom. The monoisotopic (exact) mass is 255 g/mol. The summed E-state index contributed by atoms with van der Waals surface area (Å²) in [6.45, 7) is 3.65. The zero-order valence-corrected chi connectivity index (χ0v) is 10.5. The summed E-state index contributed by atoms with van der Waals surface area (Å²) in [6.07, 6.45) is 1.66. The average molecular weight is 255 g/mol. The summed E-state index contributed by atoms with van der Waals surface area (Å²) in [5.74, 6) is -1.25. The van der Waals surface area contributed by atoms with Crippen LogP contribution in [0.2, 0.25) is 0 Å². The number of urea groups is 1. The molecule has 1 heterocycles. The molecule has 0 saturated heterocycles. The maximum absolute atomic E-state index is 11.5. The highest BCUT2D eigenvalue weighted by Crippen LogP contribution is 2.01. The molecule has 1 atom stereocenters. The number of carbonyl (C=O) groups is 2. The second-order valence-corrected chi connectivity index (χ2v) is 4.27. The first-order valence-corrected chi connectivity index (χ1v) is 5.52. The van der Waals surface area contributed by atoms with Crippen LogP contribution in [0.4, 0.5) is 4.79 Å². The summed E-state index contributed by atoms with van der Waals surface area (Å²) in [5.41, 5.74) is 0.601. The topological polar surface area (TPSA) is 109 Å². The number of amides is 2. The molecule has 0 radical (unpaired) electrons. The van der Waals surface area contributed by atoms with Gasteiger partial charge in [0.1, 0.15) is 11.7 Å². The SMILES string of the molecule is CC(C)C(NC(=O)NCc1cn(C)nn1)C(=O)O. The maximum atomic E-state index is 11.5. The standard InChI is InChI=1S/C10H17N5O3/c1-6(2)8(9(16)17)12-10(18)11-4-7-5-15(3)14-13-7/h5-6,8H,4H2,1-3H3,(H,16,17)(H2,11,12,18). The van der Waals surface area contributed by atoms with Crippen LogP contribution < -0.4 is 10.6 Å². The van der Waals surface area contributed by atoms with E-state index in [9.17, 15) is 9.59 Å². The largest absolute Gasteiger partial charge is 0.480 e. The van der Waals surface area contributed by atoms with E-state index in [1.807, 2.05) is 0 Å². The molecule has 0 aliphatic rings. The number of nitrogens with zero attached hydrogens (tertiary/aromatic N) is 3. The third kappa shape index (κ3) is 4.04. The van der Waals surface area contributed by atoms with Crippen molar-refractivity contribution in [2.75, 3.05) is 0 Å². The lowest BCUT2D eigenvalue weighted by atomic mass is 10.1. The van der Waals surface area contributed by atoms with E-state index in [0.29, 0.717) is 5.69 Å². The molecule has 3 N–H and O–H groups in total. The molecule has 0 spiro atoms. The van der Waals surface area contributed by atoms with Gasteiger partial charge in [0.05, 0.1) is 6.54 Å². The van der Waals surface area contributed by atoms with E-state index in [4.69, 9.17) is 5.11 Å². The summed E-state index contributed by atoms with van der Waals surface area (Å²) >= 11 is 0. The molecule has 1 aromatic rings. The quantitative estimate of drug-likeness (QED) is 0.670. The normalized spacial score (nSPS) is 12.2. The molecule has 0 fully saturated rings. The smallest absolute Gasteiger partial charge is 0.326 e. The third-order valence-electron chi connectivity index (χ3n) is 2.30. The molecule has 100 valence electrons. The number of aliphatic carboxylic acids is 1. The van der Waals surface area contributed by atoms with E-state index in [-0.39, 0.29) is 12.5 Å². The van der Waals surface area contributed by atoms with Gasteiger partial charge in [0.25, 0.3) is 0 Å². The van der Waals surface area contributed by atoms with Crippen LogP contribution in [0.1, 0.15) is 19.5 Å². The van der Waals surface area contributed by atoms with Gasteiger partial charge < -0.3 is 15.7 Å². The molecule has 2 amide bonds. The Morgan fingerprint density at radius 2 is 2.17 bits per heavy atom. The molecule has 8 heteroatoms. The number of carbonyl (C=O) groups excluding carboxylic acids is 1. The lowest BCUT2D eigenvalue weighted by molar-refractivity contribution is -0.140. The van der Waals surface area contributed by atoms with Crippen LogP contribution >= 0.6 is 0 Å². The molecule has 1 aromatic heterocycles. The minimum atomic E-state index is -1.06. The number of rotatable bonds is 5. The zero-order valence-electron chi connectivity index (χ0n) is 10.5. The van der Waals surface area contributed by atoms with Gasteiger partial charge in [0.2, 0.25) is 0 Å². The molecule has 18 heavy (non-hydrogen) atoms. The second kappa shape index (κ2) is 5.99. The van der Waals surface area contributed by atoms with Crippen molar-refractivity contribution in [1.82, 2.24) is 25.6 Å². The first-order chi connectivity index (χ1) is 8.40. The number of nitrogens with one attached hydrogen (secondary N) is 2. The zero-order chi connectivity index (χ0) is 13.7. The van der Waals surface area contributed by atoms with Gasteiger partial charge >= 0.3 is 12.0 Å². The fraction of sp³-hybridized carbons (Fsp3) is 0.600. The van der Waals surface area contributed by atoms with Crippen LogP contribution in [-0.2, 0) is 18.4 Å². The summed E-state index contributed by atoms with van der Waals surface area (Å²) in [4.78, 5) is 22.4. The minimum absolute atomic E-state index is 0.190. The Morgan fingerprint density at radius 1 is 1.50 bits per heavy atom. The Labute approximate surface area is 104 Å². The summed E-state index contributed by atoms with van der Waals surface area (Å²) in [5, 5.41) is 21.3. The average Bonchev–Trinajstić information content (AvgIpc) is 2.68. The maximum Gasteiger partial charge on any atom is 0.326 e. The first kappa shape index (κ1) is 13.9. The molecule has 1 rings (SSSR count). The number of aryl methyl sites for hydroxylation is 1. The summed E-state index contributed by atoms with van der Waals surface area (Å²) in [7, 11) is 1.72. The van der Waals surface area contributed by atoms with Crippen molar-refractivity contribution in [3.05, 3.63) is 11.9 Å². The third-order valence-corrected chi connectivity index (χ3v) is 2.30. The van der Waals surface area contributed by atoms with E-state index in [1.54, 1.807) is 27.1 Å². The van der Waals surface area contributed by atoms with Crippen LogP contribution in [-0.4, -0.2) is 38.1 Å². The Hall–Kier alpha value is -2.12. The highest BCUT2D eigenvalue weighted by molar-refractivity contribution is 5.82. The Balaban J connectivity index is 2.43. The van der Waals surface area contributed by atoms with Crippen LogP contribution in [0.25, 0.3) is 0 Å². The van der Waals surface area contributed by atoms with Gasteiger partial charge in [-0.2, -0.15) is 0 Å². The van der Waals surface area contributed by atoms with Crippen molar-refractivity contribution in [2.24, 2.45) is 13.0 Å². The number of carboxylic acid groups (broad SMARTS) is 1. The van der Waals surface area contributed by atoms with Gasteiger partial charge in [-0.3, -0.25) is 4.68 Å². The molecule has 0 saturated carbocycles. The molecule has 1 unspecified atom stereocenters. The predicted octanol–water partition coefficient (Wildman–Crippen LogP) is -0.276. The number of carboxylic acids is 1. The van der Waals surface area contributed by atoms with Gasteiger partial charge in [0.15, 0.2) is 0 Å².